The molecule has 2 atom stereocenters. The molecule has 2 aliphatic rings. The summed E-state index contributed by atoms with van der Waals surface area (Å²) in [5, 5.41) is 5.04. The molecule has 2 aromatic carbocycles. The van der Waals surface area contributed by atoms with Gasteiger partial charge in [-0.3, -0.25) is 0 Å². The van der Waals surface area contributed by atoms with Gasteiger partial charge in [0, 0.05) is 10.8 Å². The van der Waals surface area contributed by atoms with Gasteiger partial charge < -0.3 is 9.15 Å². The van der Waals surface area contributed by atoms with Gasteiger partial charge in [0.05, 0.1) is 0 Å². The van der Waals surface area contributed by atoms with Gasteiger partial charge >= 0.3 is 0 Å². The summed E-state index contributed by atoms with van der Waals surface area (Å²) >= 11 is 0. The van der Waals surface area contributed by atoms with Crippen molar-refractivity contribution in [2.24, 2.45) is 0 Å². The van der Waals surface area contributed by atoms with Crippen molar-refractivity contribution in [3.05, 3.63) is 59.7 Å². The van der Waals surface area contributed by atoms with Crippen LogP contribution in [0.5, 0.6) is 0 Å². The lowest BCUT2D eigenvalue weighted by Crippen LogP contribution is -1.94. The van der Waals surface area contributed by atoms with Gasteiger partial charge in [-0.1, -0.05) is 30.4 Å². The van der Waals surface area contributed by atoms with Gasteiger partial charge in [-0.15, -0.1) is 0 Å². The Morgan fingerprint density at radius 2 is 1.50 bits per heavy atom. The van der Waals surface area contributed by atoms with Crippen LogP contribution in [0.4, 0.5) is 0 Å². The monoisotopic (exact) mass is 258 g/mol. The van der Waals surface area contributed by atoms with Crippen LogP contribution in [0.2, 0.25) is 0 Å². The molecule has 0 N–H and O–H groups in total. The van der Waals surface area contributed by atoms with Crippen LogP contribution >= 0.6 is 0 Å². The predicted molar refractivity (Wildman–Crippen MR) is 78.1 cm³/mol. The van der Waals surface area contributed by atoms with Gasteiger partial charge in [0.1, 0.15) is 23.4 Å². The molecule has 0 saturated carbocycles. The van der Waals surface area contributed by atoms with Gasteiger partial charge in [0.15, 0.2) is 0 Å². The fourth-order valence-electron chi connectivity index (χ4n) is 3.89. The molecular weight excluding hydrogens is 248 g/mol. The van der Waals surface area contributed by atoms with E-state index in [1.807, 2.05) is 6.07 Å². The summed E-state index contributed by atoms with van der Waals surface area (Å²) in [6.07, 6.45) is 4.61. The molecule has 2 aromatic heterocycles. The number of ether oxygens (including phenoxy) is 1. The second kappa shape index (κ2) is 2.89. The van der Waals surface area contributed by atoms with E-state index in [9.17, 15) is 0 Å². The molecule has 0 saturated heterocycles. The van der Waals surface area contributed by atoms with E-state index in [0.29, 0.717) is 0 Å². The average molecular weight is 258 g/mol. The lowest BCUT2D eigenvalue weighted by Gasteiger charge is -2.11. The molecule has 2 nitrogen and oxygen atoms in total. The maximum Gasteiger partial charge on any atom is 0.136 e. The Morgan fingerprint density at radius 1 is 0.700 bits per heavy atom. The molecule has 4 bridgehead atoms. The van der Waals surface area contributed by atoms with E-state index in [-0.39, 0.29) is 12.2 Å². The number of hydrogen-bond donors (Lipinski definition) is 0. The number of furan rings is 2. The van der Waals surface area contributed by atoms with Crippen LogP contribution in [0.3, 0.4) is 0 Å². The van der Waals surface area contributed by atoms with E-state index in [4.69, 9.17) is 9.15 Å². The molecule has 0 spiro atoms. The highest BCUT2D eigenvalue weighted by molar-refractivity contribution is 6.20. The lowest BCUT2D eigenvalue weighted by atomic mass is 9.89. The molecule has 6 rings (SSSR count). The number of benzene rings is 3. The minimum absolute atomic E-state index is 0.129. The zero-order valence-corrected chi connectivity index (χ0v) is 10.6. The molecule has 0 aliphatic carbocycles. The Bertz CT molecular complexity index is 1040. The van der Waals surface area contributed by atoms with Crippen molar-refractivity contribution in [2.45, 2.75) is 12.2 Å². The Labute approximate surface area is 114 Å². The number of rotatable bonds is 0. The molecule has 0 fully saturated rings. The van der Waals surface area contributed by atoms with Crippen molar-refractivity contribution < 1.29 is 9.15 Å². The summed E-state index contributed by atoms with van der Waals surface area (Å²) in [6.45, 7) is 0. The second-order valence-electron chi connectivity index (χ2n) is 5.68. The second-order valence-corrected chi connectivity index (χ2v) is 5.68. The highest BCUT2D eigenvalue weighted by atomic mass is 16.5. The van der Waals surface area contributed by atoms with Gasteiger partial charge in [-0.05, 0) is 40.1 Å². The zero-order chi connectivity index (χ0) is 12.8. The van der Waals surface area contributed by atoms with Crippen LogP contribution in [-0.2, 0) is 4.74 Å². The zero-order valence-electron chi connectivity index (χ0n) is 10.6. The molecule has 4 heterocycles. The topological polar surface area (TPSA) is 22.4 Å². The van der Waals surface area contributed by atoms with E-state index >= 15 is 0 Å². The highest BCUT2D eigenvalue weighted by Crippen LogP contribution is 2.50. The van der Waals surface area contributed by atoms with E-state index in [0.717, 1.165) is 11.2 Å². The fourth-order valence-corrected chi connectivity index (χ4v) is 3.89. The minimum Gasteiger partial charge on any atom is -0.456 e. The van der Waals surface area contributed by atoms with Crippen molar-refractivity contribution in [1.82, 2.24) is 0 Å². The van der Waals surface area contributed by atoms with Crippen LogP contribution in [0.1, 0.15) is 23.3 Å². The number of fused-ring (bicyclic) bond motifs is 13. The van der Waals surface area contributed by atoms with E-state index in [1.165, 1.54) is 32.7 Å². The quantitative estimate of drug-likeness (QED) is 0.332. The van der Waals surface area contributed by atoms with Gasteiger partial charge in [0.2, 0.25) is 0 Å². The normalized spacial score (nSPS) is 23.6. The van der Waals surface area contributed by atoms with Gasteiger partial charge in [0.25, 0.3) is 0 Å². The van der Waals surface area contributed by atoms with Crippen LogP contribution in [-0.4, -0.2) is 0 Å². The molecule has 20 heavy (non-hydrogen) atoms. The first kappa shape index (κ1) is 9.56. The molecule has 4 aromatic rings. The third kappa shape index (κ3) is 0.888. The standard InChI is InChI=1S/C18H10O2/c1-3-11-13-5-8-16(19-13)18(11)10-2-4-12-14-6-7-15(20-14)17(12)9(1)10/h1-8,13,16H. The van der Waals surface area contributed by atoms with Crippen molar-refractivity contribution >= 4 is 32.7 Å². The SMILES string of the molecule is C1=CC2OC1c1ccc3c(ccc4c5ccc(o5)c43)c12. The van der Waals surface area contributed by atoms with Crippen molar-refractivity contribution in [2.75, 3.05) is 0 Å². The maximum atomic E-state index is 5.96. The summed E-state index contributed by atoms with van der Waals surface area (Å²) in [6, 6.07) is 12.9. The fraction of sp³-hybridized carbons (Fsp3) is 0.111. The first-order chi connectivity index (χ1) is 9.90. The summed E-state index contributed by atoms with van der Waals surface area (Å²) < 4.78 is 11.8. The summed E-state index contributed by atoms with van der Waals surface area (Å²) in [4.78, 5) is 0. The number of hydrogen-bond acceptors (Lipinski definition) is 2. The minimum atomic E-state index is 0.129. The Kier molecular flexibility index (Phi) is 1.38. The third-order valence-corrected chi connectivity index (χ3v) is 4.74. The van der Waals surface area contributed by atoms with Crippen LogP contribution in [0, 0.1) is 0 Å². The van der Waals surface area contributed by atoms with E-state index in [1.54, 1.807) is 0 Å². The Morgan fingerprint density at radius 3 is 2.50 bits per heavy atom. The van der Waals surface area contributed by atoms with Gasteiger partial charge in [-0.2, -0.15) is 0 Å². The third-order valence-electron chi connectivity index (χ3n) is 4.74. The van der Waals surface area contributed by atoms with Crippen LogP contribution in [0.25, 0.3) is 32.7 Å². The van der Waals surface area contributed by atoms with E-state index < -0.39 is 0 Å². The molecule has 2 aliphatic heterocycles. The van der Waals surface area contributed by atoms with E-state index in [2.05, 4.69) is 42.5 Å². The van der Waals surface area contributed by atoms with Gasteiger partial charge in [-0.25, -0.2) is 0 Å². The summed E-state index contributed by atoms with van der Waals surface area (Å²) in [7, 11) is 0. The highest BCUT2D eigenvalue weighted by Gasteiger charge is 2.35. The first-order valence-electron chi connectivity index (χ1n) is 6.94. The van der Waals surface area contributed by atoms with Crippen molar-refractivity contribution in [3.8, 4) is 0 Å². The largest absolute Gasteiger partial charge is 0.456 e. The molecule has 0 radical (unpaired) electrons. The van der Waals surface area contributed by atoms with Crippen LogP contribution in [0.15, 0.2) is 53.0 Å². The molecule has 0 amide bonds. The average Bonchev–Trinajstić information content (AvgIpc) is 3.25. The summed E-state index contributed by atoms with van der Waals surface area (Å²) in [5.41, 5.74) is 4.63. The maximum absolute atomic E-state index is 5.96. The molecule has 94 valence electrons. The Balaban J connectivity index is 1.87. The summed E-state index contributed by atoms with van der Waals surface area (Å²) in [5.74, 6) is 0. The van der Waals surface area contributed by atoms with Crippen molar-refractivity contribution in [3.63, 3.8) is 0 Å². The molecular formula is C18H10O2. The van der Waals surface area contributed by atoms with Crippen molar-refractivity contribution in [1.29, 1.82) is 0 Å². The Hall–Kier alpha value is -2.32. The van der Waals surface area contributed by atoms with Crippen LogP contribution < -0.4 is 0 Å². The molecule has 2 heteroatoms. The lowest BCUT2D eigenvalue weighted by molar-refractivity contribution is 0.0883. The predicted octanol–water partition coefficient (Wildman–Crippen LogP) is 4.86. The smallest absolute Gasteiger partial charge is 0.136 e. The first-order valence-corrected chi connectivity index (χ1v) is 6.94. The molecule has 2 unspecified atom stereocenters.